The maximum atomic E-state index is 12.6. The number of allylic oxidation sites excluding steroid dienone is 1. The molecule has 1 aromatic heterocycles. The van der Waals surface area contributed by atoms with E-state index < -0.39 is 0 Å². The molecular weight excluding hydrogens is 330 g/mol. The van der Waals surface area contributed by atoms with Crippen LogP contribution in [0.3, 0.4) is 0 Å². The van der Waals surface area contributed by atoms with Crippen LogP contribution in [-0.2, 0) is 9.53 Å². The van der Waals surface area contributed by atoms with Gasteiger partial charge in [-0.3, -0.25) is 4.79 Å². The summed E-state index contributed by atoms with van der Waals surface area (Å²) in [5.41, 5.74) is 2.86. The third-order valence-electron chi connectivity index (χ3n) is 4.49. The van der Waals surface area contributed by atoms with Gasteiger partial charge in [0.25, 0.3) is 0 Å². The molecule has 1 aliphatic heterocycles. The average molecular weight is 355 g/mol. The number of carbonyl (C=O) groups is 1. The number of hydrogen-bond donors (Lipinski definition) is 1. The molecule has 1 fully saturated rings. The third-order valence-corrected chi connectivity index (χ3v) is 4.49. The number of para-hydroxylation sites is 2. The zero-order valence-electron chi connectivity index (χ0n) is 15.4. The van der Waals surface area contributed by atoms with Crippen LogP contribution >= 0.6 is 0 Å². The Morgan fingerprint density at radius 2 is 2.19 bits per heavy atom. The van der Waals surface area contributed by atoms with Crippen LogP contribution in [0.2, 0.25) is 0 Å². The number of nitrogens with zero attached hydrogens (tertiary/aromatic N) is 2. The van der Waals surface area contributed by atoms with Gasteiger partial charge in [0, 0.05) is 19.3 Å². The molecule has 0 unspecified atom stereocenters. The molecule has 1 aliphatic rings. The van der Waals surface area contributed by atoms with E-state index in [0.717, 1.165) is 17.1 Å². The number of benzene rings is 1. The molecule has 0 radical (unpaired) electrons. The lowest BCUT2D eigenvalue weighted by atomic mass is 9.97. The minimum atomic E-state index is -0.325. The zero-order valence-corrected chi connectivity index (χ0v) is 15.4. The molecule has 2 atom stereocenters. The molecule has 0 bridgehead atoms. The number of methoxy groups -OCH3 is 1. The molecule has 1 saturated heterocycles. The number of carbonyl (C=O) groups excluding carboxylic acids is 1. The van der Waals surface area contributed by atoms with Gasteiger partial charge in [-0.2, -0.15) is 5.10 Å². The first kappa shape index (κ1) is 18.2. The summed E-state index contributed by atoms with van der Waals surface area (Å²) >= 11 is 0. The van der Waals surface area contributed by atoms with Crippen molar-refractivity contribution in [1.82, 2.24) is 15.1 Å². The maximum Gasteiger partial charge on any atom is 0.226 e. The number of hydrogen-bond acceptors (Lipinski definition) is 4. The standard InChI is InChI=1S/C20H25N3O3/c1-14(2)8-11-21-20(24)15-10-13-26-19(15)17-9-12-22-23(17)16-6-4-5-7-18(16)25-3/h4-9,12,15,19H,10-11,13H2,1-3H3,(H,21,24)/t15-,19-/m0/s1. The van der Waals surface area contributed by atoms with E-state index in [2.05, 4.69) is 10.4 Å². The fourth-order valence-corrected chi connectivity index (χ4v) is 3.17. The Kier molecular flexibility index (Phi) is 5.73. The molecule has 1 aromatic carbocycles. The lowest BCUT2D eigenvalue weighted by Crippen LogP contribution is -2.33. The highest BCUT2D eigenvalue weighted by Crippen LogP contribution is 2.36. The molecule has 6 nitrogen and oxygen atoms in total. The summed E-state index contributed by atoms with van der Waals surface area (Å²) in [5.74, 6) is 0.503. The van der Waals surface area contributed by atoms with E-state index in [4.69, 9.17) is 9.47 Å². The molecule has 2 heterocycles. The fourth-order valence-electron chi connectivity index (χ4n) is 3.17. The second-order valence-electron chi connectivity index (χ2n) is 6.55. The van der Waals surface area contributed by atoms with Crippen molar-refractivity contribution in [2.75, 3.05) is 20.3 Å². The highest BCUT2D eigenvalue weighted by Gasteiger charge is 2.37. The first-order chi connectivity index (χ1) is 12.6. The third kappa shape index (κ3) is 3.80. The van der Waals surface area contributed by atoms with Gasteiger partial charge in [0.1, 0.15) is 17.5 Å². The summed E-state index contributed by atoms with van der Waals surface area (Å²) in [6.07, 6.45) is 4.10. The Labute approximate surface area is 153 Å². The number of rotatable bonds is 6. The Morgan fingerprint density at radius 1 is 1.38 bits per heavy atom. The minimum Gasteiger partial charge on any atom is -0.494 e. The normalized spacial score (nSPS) is 19.2. The zero-order chi connectivity index (χ0) is 18.5. The molecule has 26 heavy (non-hydrogen) atoms. The van der Waals surface area contributed by atoms with Gasteiger partial charge in [0.05, 0.1) is 18.7 Å². The summed E-state index contributed by atoms with van der Waals surface area (Å²) in [7, 11) is 1.63. The first-order valence-electron chi connectivity index (χ1n) is 8.82. The van der Waals surface area contributed by atoms with Gasteiger partial charge >= 0.3 is 0 Å². The molecule has 138 valence electrons. The quantitative estimate of drug-likeness (QED) is 0.809. The van der Waals surface area contributed by atoms with Gasteiger partial charge in [-0.25, -0.2) is 4.68 Å². The number of aromatic nitrogens is 2. The van der Waals surface area contributed by atoms with Crippen molar-refractivity contribution in [3.05, 3.63) is 53.9 Å². The topological polar surface area (TPSA) is 65.4 Å². The fraction of sp³-hybridized carbons (Fsp3) is 0.400. The summed E-state index contributed by atoms with van der Waals surface area (Å²) in [4.78, 5) is 12.6. The SMILES string of the molecule is COc1ccccc1-n1nccc1[C@H]1OCC[C@@H]1C(=O)NCC=C(C)C. The molecule has 3 rings (SSSR count). The molecule has 6 heteroatoms. The Hall–Kier alpha value is -2.60. The smallest absolute Gasteiger partial charge is 0.226 e. The maximum absolute atomic E-state index is 12.6. The van der Waals surface area contributed by atoms with E-state index >= 15 is 0 Å². The van der Waals surface area contributed by atoms with E-state index in [-0.39, 0.29) is 17.9 Å². The molecule has 1 amide bonds. The van der Waals surface area contributed by atoms with Crippen LogP contribution in [0.4, 0.5) is 0 Å². The highest BCUT2D eigenvalue weighted by atomic mass is 16.5. The van der Waals surface area contributed by atoms with Crippen LogP contribution < -0.4 is 10.1 Å². The Balaban J connectivity index is 1.84. The van der Waals surface area contributed by atoms with E-state index in [0.29, 0.717) is 19.6 Å². The molecule has 1 N–H and O–H groups in total. The summed E-state index contributed by atoms with van der Waals surface area (Å²) < 4.78 is 13.2. The lowest BCUT2D eigenvalue weighted by molar-refractivity contribution is -0.126. The summed E-state index contributed by atoms with van der Waals surface area (Å²) in [5, 5.41) is 7.41. The van der Waals surface area contributed by atoms with E-state index in [1.54, 1.807) is 18.0 Å². The van der Waals surface area contributed by atoms with Crippen LogP contribution in [-0.4, -0.2) is 35.9 Å². The van der Waals surface area contributed by atoms with Crippen molar-refractivity contribution >= 4 is 5.91 Å². The molecule has 0 saturated carbocycles. The van der Waals surface area contributed by atoms with Crippen molar-refractivity contribution < 1.29 is 14.3 Å². The first-order valence-corrected chi connectivity index (χ1v) is 8.82. The second kappa shape index (κ2) is 8.19. The molecule has 0 aliphatic carbocycles. The van der Waals surface area contributed by atoms with Gasteiger partial charge in [-0.05, 0) is 38.5 Å². The van der Waals surface area contributed by atoms with Crippen LogP contribution in [0.15, 0.2) is 48.2 Å². The van der Waals surface area contributed by atoms with Gasteiger partial charge in [0.2, 0.25) is 5.91 Å². The van der Waals surface area contributed by atoms with E-state index in [1.807, 2.05) is 50.3 Å². The van der Waals surface area contributed by atoms with Crippen LogP contribution in [0.5, 0.6) is 5.75 Å². The highest BCUT2D eigenvalue weighted by molar-refractivity contribution is 5.79. The largest absolute Gasteiger partial charge is 0.494 e. The van der Waals surface area contributed by atoms with Crippen molar-refractivity contribution in [3.8, 4) is 11.4 Å². The summed E-state index contributed by atoms with van der Waals surface area (Å²) in [6.45, 7) is 5.12. The second-order valence-corrected chi connectivity index (χ2v) is 6.55. The predicted octanol–water partition coefficient (Wildman–Crippen LogP) is 3.04. The van der Waals surface area contributed by atoms with Gasteiger partial charge < -0.3 is 14.8 Å². The number of nitrogens with one attached hydrogen (secondary N) is 1. The van der Waals surface area contributed by atoms with Crippen molar-refractivity contribution in [2.24, 2.45) is 5.92 Å². The Bertz CT molecular complexity index is 793. The average Bonchev–Trinajstić information content (AvgIpc) is 3.30. The lowest BCUT2D eigenvalue weighted by Gasteiger charge is -2.20. The van der Waals surface area contributed by atoms with Gasteiger partial charge in [-0.1, -0.05) is 23.8 Å². The monoisotopic (exact) mass is 355 g/mol. The number of ether oxygens (including phenoxy) is 2. The number of amides is 1. The van der Waals surface area contributed by atoms with E-state index in [1.165, 1.54) is 5.57 Å². The Morgan fingerprint density at radius 3 is 2.96 bits per heavy atom. The van der Waals surface area contributed by atoms with Crippen molar-refractivity contribution in [2.45, 2.75) is 26.4 Å². The van der Waals surface area contributed by atoms with Crippen LogP contribution in [0.25, 0.3) is 5.69 Å². The van der Waals surface area contributed by atoms with Gasteiger partial charge in [-0.15, -0.1) is 0 Å². The minimum absolute atomic E-state index is 0.0118. The van der Waals surface area contributed by atoms with E-state index in [9.17, 15) is 4.79 Å². The molecule has 0 spiro atoms. The van der Waals surface area contributed by atoms with Crippen LogP contribution in [0, 0.1) is 5.92 Å². The van der Waals surface area contributed by atoms with Crippen molar-refractivity contribution in [1.29, 1.82) is 0 Å². The summed E-state index contributed by atoms with van der Waals surface area (Å²) in [6, 6.07) is 9.58. The molecular formula is C20H25N3O3. The van der Waals surface area contributed by atoms with Crippen molar-refractivity contribution in [3.63, 3.8) is 0 Å². The van der Waals surface area contributed by atoms with Crippen LogP contribution in [0.1, 0.15) is 32.1 Å². The molecule has 2 aromatic rings. The predicted molar refractivity (Wildman–Crippen MR) is 99.4 cm³/mol. The van der Waals surface area contributed by atoms with Gasteiger partial charge in [0.15, 0.2) is 0 Å².